The molecule has 2 unspecified atom stereocenters. The van der Waals surface area contributed by atoms with Gasteiger partial charge in [0, 0.05) is 11.8 Å². The smallest absolute Gasteiger partial charge is 0.234 e. The minimum atomic E-state index is 0.0244. The van der Waals surface area contributed by atoms with Crippen LogP contribution in [0.25, 0.3) is 0 Å². The van der Waals surface area contributed by atoms with Gasteiger partial charge in [0.25, 0.3) is 0 Å². The first-order valence-corrected chi connectivity index (χ1v) is 6.95. The molecule has 2 atom stereocenters. The largest absolute Gasteiger partial charge is 0.339 e. The average molecular weight is 250 g/mol. The first kappa shape index (κ1) is 13.2. The first-order valence-electron chi connectivity index (χ1n) is 6.95. The number of hydrogen-bond acceptors (Lipinski definition) is 4. The molecule has 0 radical (unpaired) electrons. The number of ketones is 1. The van der Waals surface area contributed by atoms with Gasteiger partial charge in [-0.3, -0.25) is 4.79 Å². The minimum Gasteiger partial charge on any atom is -0.339 e. The maximum atomic E-state index is 11.6. The van der Waals surface area contributed by atoms with Crippen LogP contribution in [0.2, 0.25) is 0 Å². The molecular formula is C14H22N2O2. The van der Waals surface area contributed by atoms with Crippen molar-refractivity contribution < 1.29 is 9.32 Å². The molecule has 0 amide bonds. The summed E-state index contributed by atoms with van der Waals surface area (Å²) in [5, 5.41) is 4.04. The van der Waals surface area contributed by atoms with Crippen LogP contribution in [0, 0.1) is 11.8 Å². The van der Waals surface area contributed by atoms with E-state index in [1.807, 2.05) is 13.8 Å². The Hall–Kier alpha value is -1.19. The highest BCUT2D eigenvalue weighted by atomic mass is 16.5. The van der Waals surface area contributed by atoms with Crippen LogP contribution >= 0.6 is 0 Å². The van der Waals surface area contributed by atoms with E-state index in [-0.39, 0.29) is 18.1 Å². The summed E-state index contributed by atoms with van der Waals surface area (Å²) in [5.41, 5.74) is 0. The number of carbonyl (C=O) groups excluding carboxylic acids is 1. The molecular weight excluding hydrogens is 228 g/mol. The zero-order chi connectivity index (χ0) is 13.1. The highest BCUT2D eigenvalue weighted by Gasteiger charge is 2.28. The Morgan fingerprint density at radius 1 is 1.44 bits per heavy atom. The Morgan fingerprint density at radius 3 is 2.83 bits per heavy atom. The van der Waals surface area contributed by atoms with E-state index in [1.54, 1.807) is 0 Å². The van der Waals surface area contributed by atoms with Crippen molar-refractivity contribution in [2.45, 2.75) is 58.8 Å². The van der Waals surface area contributed by atoms with Gasteiger partial charge in [-0.1, -0.05) is 32.3 Å². The summed E-state index contributed by atoms with van der Waals surface area (Å²) in [4.78, 5) is 16.0. The van der Waals surface area contributed by atoms with Crippen LogP contribution < -0.4 is 0 Å². The molecule has 1 aliphatic carbocycles. The highest BCUT2D eigenvalue weighted by Crippen LogP contribution is 2.38. The van der Waals surface area contributed by atoms with Gasteiger partial charge in [0.2, 0.25) is 5.89 Å². The molecule has 18 heavy (non-hydrogen) atoms. The monoisotopic (exact) mass is 250 g/mol. The maximum absolute atomic E-state index is 11.6. The number of hydrogen-bond donors (Lipinski definition) is 0. The third kappa shape index (κ3) is 2.98. The predicted molar refractivity (Wildman–Crippen MR) is 68.2 cm³/mol. The number of aromatic nitrogens is 2. The van der Waals surface area contributed by atoms with Crippen LogP contribution in [-0.2, 0) is 11.2 Å². The summed E-state index contributed by atoms with van der Waals surface area (Å²) < 4.78 is 5.18. The fraction of sp³-hybridized carbons (Fsp3) is 0.786. The number of carbonyl (C=O) groups is 1. The lowest BCUT2D eigenvalue weighted by atomic mass is 10.0. The predicted octanol–water partition coefficient (Wildman–Crippen LogP) is 3.13. The van der Waals surface area contributed by atoms with Crippen molar-refractivity contribution in [3.63, 3.8) is 0 Å². The Morgan fingerprint density at radius 2 is 2.22 bits per heavy atom. The third-order valence-corrected chi connectivity index (χ3v) is 3.94. The first-order chi connectivity index (χ1) is 8.60. The van der Waals surface area contributed by atoms with Gasteiger partial charge in [0.1, 0.15) is 5.78 Å². The van der Waals surface area contributed by atoms with Gasteiger partial charge in [-0.15, -0.1) is 0 Å². The second kappa shape index (κ2) is 5.63. The summed E-state index contributed by atoms with van der Waals surface area (Å²) in [6.45, 7) is 6.01. The molecule has 0 aliphatic heterocycles. The van der Waals surface area contributed by atoms with Crippen molar-refractivity contribution in [3.8, 4) is 0 Å². The van der Waals surface area contributed by atoms with Crippen molar-refractivity contribution in [2.75, 3.05) is 0 Å². The summed E-state index contributed by atoms with van der Waals surface area (Å²) in [5.74, 6) is 2.69. The molecule has 0 aromatic carbocycles. The molecule has 0 saturated heterocycles. The zero-order valence-electron chi connectivity index (χ0n) is 11.5. The molecule has 1 saturated carbocycles. The van der Waals surface area contributed by atoms with E-state index >= 15 is 0 Å². The normalized spacial score (nSPS) is 23.8. The SMILES string of the molecule is CCC1CCC(c2noc(CC(=O)C(C)C)n2)C1. The Bertz CT molecular complexity index is 412. The van der Waals surface area contributed by atoms with Crippen LogP contribution in [0.1, 0.15) is 64.1 Å². The lowest BCUT2D eigenvalue weighted by Gasteiger charge is -2.04. The Kier molecular flexibility index (Phi) is 4.15. The summed E-state index contributed by atoms with van der Waals surface area (Å²) >= 11 is 0. The van der Waals surface area contributed by atoms with Gasteiger partial charge < -0.3 is 4.52 Å². The highest BCUT2D eigenvalue weighted by molar-refractivity contribution is 5.81. The summed E-state index contributed by atoms with van der Waals surface area (Å²) in [7, 11) is 0. The molecule has 1 aromatic heterocycles. The molecule has 0 spiro atoms. The van der Waals surface area contributed by atoms with Gasteiger partial charge in [0.15, 0.2) is 5.82 Å². The third-order valence-electron chi connectivity index (χ3n) is 3.94. The van der Waals surface area contributed by atoms with Gasteiger partial charge in [-0.05, 0) is 25.2 Å². The van der Waals surface area contributed by atoms with Crippen molar-refractivity contribution >= 4 is 5.78 Å². The van der Waals surface area contributed by atoms with Crippen LogP contribution in [0.4, 0.5) is 0 Å². The van der Waals surface area contributed by atoms with Crippen LogP contribution in [0.5, 0.6) is 0 Å². The Labute approximate surface area is 108 Å². The molecule has 1 fully saturated rings. The molecule has 1 aliphatic rings. The lowest BCUT2D eigenvalue weighted by molar-refractivity contribution is -0.121. The number of nitrogens with zero attached hydrogens (tertiary/aromatic N) is 2. The van der Waals surface area contributed by atoms with E-state index in [9.17, 15) is 4.79 Å². The van der Waals surface area contributed by atoms with E-state index < -0.39 is 0 Å². The maximum Gasteiger partial charge on any atom is 0.234 e. The standard InChI is InChI=1S/C14H22N2O2/c1-4-10-5-6-11(7-10)14-15-13(18-16-14)8-12(17)9(2)3/h9-11H,4-8H2,1-3H3. The number of Topliss-reactive ketones (excluding diaryl/α,β-unsaturated/α-hetero) is 1. The molecule has 100 valence electrons. The van der Waals surface area contributed by atoms with Crippen molar-refractivity contribution in [2.24, 2.45) is 11.8 Å². The van der Waals surface area contributed by atoms with Crippen LogP contribution in [0.15, 0.2) is 4.52 Å². The van der Waals surface area contributed by atoms with E-state index in [0.717, 1.165) is 24.6 Å². The van der Waals surface area contributed by atoms with Crippen molar-refractivity contribution in [1.29, 1.82) is 0 Å². The van der Waals surface area contributed by atoms with E-state index in [2.05, 4.69) is 17.1 Å². The van der Waals surface area contributed by atoms with E-state index in [4.69, 9.17) is 4.52 Å². The summed E-state index contributed by atoms with van der Waals surface area (Å²) in [6.07, 6.45) is 5.07. The second-order valence-corrected chi connectivity index (χ2v) is 5.63. The minimum absolute atomic E-state index is 0.0244. The van der Waals surface area contributed by atoms with Gasteiger partial charge in [0.05, 0.1) is 6.42 Å². The lowest BCUT2D eigenvalue weighted by Crippen LogP contribution is -2.10. The zero-order valence-corrected chi connectivity index (χ0v) is 11.5. The number of rotatable bonds is 5. The molecule has 0 N–H and O–H groups in total. The molecule has 4 nitrogen and oxygen atoms in total. The van der Waals surface area contributed by atoms with E-state index in [1.165, 1.54) is 12.8 Å². The van der Waals surface area contributed by atoms with Gasteiger partial charge in [-0.2, -0.15) is 4.98 Å². The van der Waals surface area contributed by atoms with E-state index in [0.29, 0.717) is 11.8 Å². The molecule has 0 bridgehead atoms. The van der Waals surface area contributed by atoms with Gasteiger partial charge in [-0.25, -0.2) is 0 Å². The fourth-order valence-electron chi connectivity index (χ4n) is 2.54. The Balaban J connectivity index is 1.96. The summed E-state index contributed by atoms with van der Waals surface area (Å²) in [6, 6.07) is 0. The van der Waals surface area contributed by atoms with Gasteiger partial charge >= 0.3 is 0 Å². The fourth-order valence-corrected chi connectivity index (χ4v) is 2.54. The van der Waals surface area contributed by atoms with Crippen molar-refractivity contribution in [1.82, 2.24) is 10.1 Å². The second-order valence-electron chi connectivity index (χ2n) is 5.63. The molecule has 1 heterocycles. The van der Waals surface area contributed by atoms with Crippen LogP contribution in [0.3, 0.4) is 0 Å². The molecule has 4 heteroatoms. The van der Waals surface area contributed by atoms with Crippen molar-refractivity contribution in [3.05, 3.63) is 11.7 Å². The average Bonchev–Trinajstić information content (AvgIpc) is 2.96. The molecule has 1 aromatic rings. The quantitative estimate of drug-likeness (QED) is 0.805. The molecule has 2 rings (SSSR count). The van der Waals surface area contributed by atoms with Crippen LogP contribution in [-0.4, -0.2) is 15.9 Å². The topological polar surface area (TPSA) is 56.0 Å².